The van der Waals surface area contributed by atoms with Gasteiger partial charge in [0.05, 0.1) is 6.61 Å². The number of carboxylic acid groups (broad SMARTS) is 1. The standard InChI is InChI=1S/C13H15NO4/c1-2-18-11-5-3-10(4-6-11)14-8-9(13(16)17)7-12(14)15/h3-6,9H,2,7-8H2,1H3,(H,16,17)/p-1/t9-/m1/s1. The fourth-order valence-corrected chi connectivity index (χ4v) is 2.00. The number of nitrogens with zero attached hydrogens (tertiary/aromatic N) is 1. The van der Waals surface area contributed by atoms with Gasteiger partial charge in [-0.2, -0.15) is 0 Å². The molecule has 1 aromatic carbocycles. The highest BCUT2D eigenvalue weighted by atomic mass is 16.5. The fraction of sp³-hybridized carbons (Fsp3) is 0.385. The molecule has 1 aliphatic heterocycles. The van der Waals surface area contributed by atoms with Crippen molar-refractivity contribution in [2.24, 2.45) is 5.92 Å². The third kappa shape index (κ3) is 2.45. The lowest BCUT2D eigenvalue weighted by Crippen LogP contribution is -2.33. The Balaban J connectivity index is 2.12. The summed E-state index contributed by atoms with van der Waals surface area (Å²) in [5.74, 6) is -1.35. The molecule has 1 heterocycles. The molecule has 0 saturated carbocycles. The van der Waals surface area contributed by atoms with Crippen LogP contribution in [0.2, 0.25) is 0 Å². The highest BCUT2D eigenvalue weighted by molar-refractivity contribution is 5.98. The van der Waals surface area contributed by atoms with Crippen LogP contribution in [0, 0.1) is 5.92 Å². The number of benzene rings is 1. The molecule has 0 N–H and O–H groups in total. The van der Waals surface area contributed by atoms with E-state index in [1.807, 2.05) is 6.92 Å². The second-order valence-corrected chi connectivity index (χ2v) is 4.15. The highest BCUT2D eigenvalue weighted by Crippen LogP contribution is 2.26. The van der Waals surface area contributed by atoms with Gasteiger partial charge in [-0.15, -0.1) is 0 Å². The van der Waals surface area contributed by atoms with Gasteiger partial charge in [0.2, 0.25) is 5.91 Å². The van der Waals surface area contributed by atoms with Crippen molar-refractivity contribution < 1.29 is 19.4 Å². The summed E-state index contributed by atoms with van der Waals surface area (Å²) in [6.07, 6.45) is 0.00947. The SMILES string of the molecule is CCOc1ccc(N2C[C@H](C(=O)[O-])CC2=O)cc1. The summed E-state index contributed by atoms with van der Waals surface area (Å²) in [5.41, 5.74) is 0.687. The smallest absolute Gasteiger partial charge is 0.227 e. The molecule has 0 radical (unpaired) electrons. The Labute approximate surface area is 105 Å². The van der Waals surface area contributed by atoms with E-state index in [1.54, 1.807) is 24.3 Å². The summed E-state index contributed by atoms with van der Waals surface area (Å²) in [6, 6.07) is 7.03. The zero-order chi connectivity index (χ0) is 13.1. The molecule has 0 spiro atoms. The van der Waals surface area contributed by atoms with Gasteiger partial charge in [0.25, 0.3) is 0 Å². The topological polar surface area (TPSA) is 69.7 Å². The predicted molar refractivity (Wildman–Crippen MR) is 63.1 cm³/mol. The minimum Gasteiger partial charge on any atom is -0.550 e. The van der Waals surface area contributed by atoms with Crippen LogP contribution < -0.4 is 14.7 Å². The quantitative estimate of drug-likeness (QED) is 0.762. The van der Waals surface area contributed by atoms with Crippen LogP contribution in [-0.4, -0.2) is 25.0 Å². The Morgan fingerprint density at radius 3 is 2.61 bits per heavy atom. The van der Waals surface area contributed by atoms with Crippen molar-refractivity contribution in [3.8, 4) is 5.75 Å². The van der Waals surface area contributed by atoms with Gasteiger partial charge in [0.15, 0.2) is 0 Å². The van der Waals surface area contributed by atoms with E-state index in [9.17, 15) is 14.7 Å². The van der Waals surface area contributed by atoms with Crippen molar-refractivity contribution in [3.05, 3.63) is 24.3 Å². The Hall–Kier alpha value is -2.04. The molecule has 0 bridgehead atoms. The lowest BCUT2D eigenvalue weighted by atomic mass is 10.1. The number of carbonyl (C=O) groups is 2. The maximum atomic E-state index is 11.7. The van der Waals surface area contributed by atoms with Gasteiger partial charge in [0, 0.05) is 30.5 Å². The van der Waals surface area contributed by atoms with Crippen LogP contribution in [0.4, 0.5) is 5.69 Å². The number of rotatable bonds is 4. The molecule has 96 valence electrons. The first-order valence-corrected chi connectivity index (χ1v) is 5.86. The van der Waals surface area contributed by atoms with E-state index in [-0.39, 0.29) is 18.9 Å². The maximum absolute atomic E-state index is 11.7. The number of hydrogen-bond acceptors (Lipinski definition) is 4. The number of carboxylic acids is 1. The highest BCUT2D eigenvalue weighted by Gasteiger charge is 2.31. The number of amides is 1. The zero-order valence-corrected chi connectivity index (χ0v) is 10.1. The summed E-state index contributed by atoms with van der Waals surface area (Å²) in [5, 5.41) is 10.8. The number of aliphatic carboxylic acids is 1. The van der Waals surface area contributed by atoms with Crippen LogP contribution >= 0.6 is 0 Å². The summed E-state index contributed by atoms with van der Waals surface area (Å²) >= 11 is 0. The van der Waals surface area contributed by atoms with E-state index in [4.69, 9.17) is 4.74 Å². The molecule has 1 aliphatic rings. The molecule has 5 heteroatoms. The second kappa shape index (κ2) is 5.08. The van der Waals surface area contributed by atoms with Crippen molar-refractivity contribution in [1.29, 1.82) is 0 Å². The van der Waals surface area contributed by atoms with Crippen molar-refractivity contribution in [2.45, 2.75) is 13.3 Å². The normalized spacial score (nSPS) is 19.1. The zero-order valence-electron chi connectivity index (χ0n) is 10.1. The molecule has 5 nitrogen and oxygen atoms in total. The predicted octanol–water partition coefficient (Wildman–Crippen LogP) is 0.188. The van der Waals surface area contributed by atoms with E-state index in [0.29, 0.717) is 12.3 Å². The van der Waals surface area contributed by atoms with Gasteiger partial charge < -0.3 is 19.5 Å². The molecule has 1 aromatic rings. The van der Waals surface area contributed by atoms with Crippen molar-refractivity contribution >= 4 is 17.6 Å². The Morgan fingerprint density at radius 1 is 1.44 bits per heavy atom. The first-order valence-electron chi connectivity index (χ1n) is 5.86. The summed E-state index contributed by atoms with van der Waals surface area (Å²) in [7, 11) is 0. The van der Waals surface area contributed by atoms with E-state index < -0.39 is 11.9 Å². The van der Waals surface area contributed by atoms with Gasteiger partial charge in [-0.25, -0.2) is 0 Å². The molecule has 2 rings (SSSR count). The molecule has 0 aliphatic carbocycles. The first kappa shape index (κ1) is 12.4. The fourth-order valence-electron chi connectivity index (χ4n) is 2.00. The molecule has 1 amide bonds. The average Bonchev–Trinajstić information content (AvgIpc) is 2.73. The van der Waals surface area contributed by atoms with Crippen LogP contribution in [0.25, 0.3) is 0 Å². The Morgan fingerprint density at radius 2 is 2.11 bits per heavy atom. The van der Waals surface area contributed by atoms with Gasteiger partial charge in [-0.05, 0) is 31.2 Å². The molecule has 1 fully saturated rings. The lowest BCUT2D eigenvalue weighted by molar-refractivity contribution is -0.310. The molecule has 18 heavy (non-hydrogen) atoms. The second-order valence-electron chi connectivity index (χ2n) is 4.15. The average molecular weight is 248 g/mol. The number of ether oxygens (including phenoxy) is 1. The number of hydrogen-bond donors (Lipinski definition) is 0. The molecule has 1 atom stereocenters. The monoisotopic (exact) mass is 248 g/mol. The Kier molecular flexibility index (Phi) is 3.50. The largest absolute Gasteiger partial charge is 0.550 e. The molecule has 0 unspecified atom stereocenters. The third-order valence-electron chi connectivity index (χ3n) is 2.92. The van der Waals surface area contributed by atoms with Crippen LogP contribution in [0.5, 0.6) is 5.75 Å². The molecular formula is C13H14NO4-. The van der Waals surface area contributed by atoms with Crippen LogP contribution in [0.1, 0.15) is 13.3 Å². The summed E-state index contributed by atoms with van der Waals surface area (Å²) in [4.78, 5) is 23.9. The van der Waals surface area contributed by atoms with Crippen molar-refractivity contribution in [3.63, 3.8) is 0 Å². The van der Waals surface area contributed by atoms with E-state index >= 15 is 0 Å². The van der Waals surface area contributed by atoms with Gasteiger partial charge in [0.1, 0.15) is 5.75 Å². The van der Waals surface area contributed by atoms with Gasteiger partial charge in [-0.3, -0.25) is 4.79 Å². The van der Waals surface area contributed by atoms with E-state index in [1.165, 1.54) is 4.90 Å². The van der Waals surface area contributed by atoms with Gasteiger partial charge >= 0.3 is 0 Å². The number of anilines is 1. The van der Waals surface area contributed by atoms with Crippen molar-refractivity contribution in [1.82, 2.24) is 0 Å². The molecule has 0 aromatic heterocycles. The maximum Gasteiger partial charge on any atom is 0.227 e. The third-order valence-corrected chi connectivity index (χ3v) is 2.92. The molecular weight excluding hydrogens is 234 g/mol. The van der Waals surface area contributed by atoms with E-state index in [0.717, 1.165) is 5.75 Å². The lowest BCUT2D eigenvalue weighted by Gasteiger charge is -2.17. The Bertz CT molecular complexity index is 455. The van der Waals surface area contributed by atoms with Crippen molar-refractivity contribution in [2.75, 3.05) is 18.1 Å². The first-order chi connectivity index (χ1) is 8.61. The van der Waals surface area contributed by atoms with Crippen LogP contribution in [0.3, 0.4) is 0 Å². The van der Waals surface area contributed by atoms with Gasteiger partial charge in [-0.1, -0.05) is 0 Å². The van der Waals surface area contributed by atoms with E-state index in [2.05, 4.69) is 0 Å². The molecule has 1 saturated heterocycles. The number of carbonyl (C=O) groups excluding carboxylic acids is 2. The summed E-state index contributed by atoms with van der Waals surface area (Å²) < 4.78 is 5.30. The minimum atomic E-state index is -1.17. The van der Waals surface area contributed by atoms with Crippen LogP contribution in [0.15, 0.2) is 24.3 Å². The summed E-state index contributed by atoms with van der Waals surface area (Å²) in [6.45, 7) is 2.65. The van der Waals surface area contributed by atoms with Crippen LogP contribution in [-0.2, 0) is 9.59 Å². The minimum absolute atomic E-state index is 0.00947.